The van der Waals surface area contributed by atoms with Crippen molar-refractivity contribution in [3.8, 4) is 11.5 Å². The molecule has 0 aliphatic rings. The molecule has 0 fully saturated rings. The first kappa shape index (κ1) is 22.1. The number of hydrogen-bond donors (Lipinski definition) is 1. The fourth-order valence-electron chi connectivity index (χ4n) is 3.15. The number of benzene rings is 2. The molecule has 2 aromatic rings. The van der Waals surface area contributed by atoms with Gasteiger partial charge in [0.15, 0.2) is 0 Å². The number of unbranched alkanes of at least 4 members (excludes halogenated alkanes) is 3. The predicted molar refractivity (Wildman–Crippen MR) is 120 cm³/mol. The van der Waals surface area contributed by atoms with Crippen LogP contribution in [0.3, 0.4) is 0 Å². The summed E-state index contributed by atoms with van der Waals surface area (Å²) in [5, 5.41) is 3.47. The van der Waals surface area contributed by atoms with Gasteiger partial charge in [-0.2, -0.15) is 0 Å². The second-order valence-corrected chi connectivity index (χ2v) is 7.59. The first-order chi connectivity index (χ1) is 13.6. The van der Waals surface area contributed by atoms with E-state index in [4.69, 9.17) is 9.47 Å². The van der Waals surface area contributed by atoms with E-state index in [-0.39, 0.29) is 6.10 Å². The predicted octanol–water partition coefficient (Wildman–Crippen LogP) is 7.04. The molecule has 28 heavy (non-hydrogen) atoms. The largest absolute Gasteiger partial charge is 0.494 e. The minimum atomic E-state index is 0.0730. The van der Waals surface area contributed by atoms with Gasteiger partial charge in [-0.15, -0.1) is 0 Å². The Morgan fingerprint density at radius 2 is 1.75 bits per heavy atom. The van der Waals surface area contributed by atoms with E-state index in [9.17, 15) is 0 Å². The molecule has 0 heterocycles. The quantitative estimate of drug-likeness (QED) is 0.376. The van der Waals surface area contributed by atoms with E-state index in [1.54, 1.807) is 0 Å². The third kappa shape index (κ3) is 7.46. The van der Waals surface area contributed by atoms with Crippen molar-refractivity contribution in [2.75, 3.05) is 18.5 Å². The van der Waals surface area contributed by atoms with Gasteiger partial charge in [0.25, 0.3) is 0 Å². The molecule has 2 rings (SSSR count). The molecule has 0 aliphatic heterocycles. The van der Waals surface area contributed by atoms with Crippen LogP contribution in [-0.2, 0) is 0 Å². The van der Waals surface area contributed by atoms with E-state index in [1.165, 1.54) is 24.8 Å². The fourth-order valence-corrected chi connectivity index (χ4v) is 3.15. The molecule has 2 atom stereocenters. The molecule has 2 unspecified atom stereocenters. The summed E-state index contributed by atoms with van der Waals surface area (Å²) in [6.07, 6.45) is 6.07. The highest BCUT2D eigenvalue weighted by Crippen LogP contribution is 2.29. The Hall–Kier alpha value is -2.16. The molecule has 3 heteroatoms. The van der Waals surface area contributed by atoms with Crippen molar-refractivity contribution in [2.45, 2.75) is 71.8 Å². The molecule has 0 spiro atoms. The Labute approximate surface area is 171 Å². The van der Waals surface area contributed by atoms with Gasteiger partial charge in [-0.05, 0) is 49.4 Å². The summed E-state index contributed by atoms with van der Waals surface area (Å²) in [6, 6.07) is 16.6. The van der Waals surface area contributed by atoms with Gasteiger partial charge >= 0.3 is 0 Å². The minimum absolute atomic E-state index is 0.0730. The SMILES string of the molecule is CCCCCCOc1cccc(NCC(C)Oc2ccccc2C(C)CC)c1. The van der Waals surface area contributed by atoms with Crippen molar-refractivity contribution in [1.29, 1.82) is 0 Å². The average Bonchev–Trinajstić information content (AvgIpc) is 2.72. The lowest BCUT2D eigenvalue weighted by Crippen LogP contribution is -2.23. The van der Waals surface area contributed by atoms with Crippen LogP contribution in [0.5, 0.6) is 11.5 Å². The van der Waals surface area contributed by atoms with Gasteiger partial charge in [-0.25, -0.2) is 0 Å². The lowest BCUT2D eigenvalue weighted by molar-refractivity contribution is 0.231. The Morgan fingerprint density at radius 1 is 0.929 bits per heavy atom. The van der Waals surface area contributed by atoms with Gasteiger partial charge in [0.05, 0.1) is 13.2 Å². The monoisotopic (exact) mass is 383 g/mol. The van der Waals surface area contributed by atoms with Crippen LogP contribution in [0.25, 0.3) is 0 Å². The molecule has 0 aromatic heterocycles. The molecular weight excluding hydrogens is 346 g/mol. The van der Waals surface area contributed by atoms with Gasteiger partial charge in [0.2, 0.25) is 0 Å². The second kappa shape index (κ2) is 12.3. The zero-order valence-corrected chi connectivity index (χ0v) is 18.0. The van der Waals surface area contributed by atoms with E-state index in [1.807, 2.05) is 18.2 Å². The van der Waals surface area contributed by atoms with Gasteiger partial charge in [0, 0.05) is 11.8 Å². The van der Waals surface area contributed by atoms with Crippen LogP contribution in [0, 0.1) is 0 Å². The Balaban J connectivity index is 1.83. The van der Waals surface area contributed by atoms with Crippen LogP contribution in [0.4, 0.5) is 5.69 Å². The maximum absolute atomic E-state index is 6.23. The normalized spacial score (nSPS) is 13.0. The van der Waals surface area contributed by atoms with Crippen molar-refractivity contribution in [1.82, 2.24) is 0 Å². The fraction of sp³-hybridized carbons (Fsp3) is 0.520. The van der Waals surface area contributed by atoms with E-state index in [0.29, 0.717) is 5.92 Å². The Kier molecular flexibility index (Phi) is 9.74. The standard InChI is InChI=1S/C25H37NO2/c1-5-7-8-11-17-27-23-14-12-13-22(18-23)26-19-21(4)28-25-16-10-9-15-24(25)20(3)6-2/h9-10,12-16,18,20-21,26H,5-8,11,17,19H2,1-4H3. The van der Waals surface area contributed by atoms with Crippen LogP contribution >= 0.6 is 0 Å². The average molecular weight is 384 g/mol. The van der Waals surface area contributed by atoms with Gasteiger partial charge < -0.3 is 14.8 Å². The number of rotatable bonds is 13. The molecule has 0 amide bonds. The second-order valence-electron chi connectivity index (χ2n) is 7.59. The number of para-hydroxylation sites is 1. The lowest BCUT2D eigenvalue weighted by Gasteiger charge is -2.21. The zero-order valence-electron chi connectivity index (χ0n) is 18.0. The summed E-state index contributed by atoms with van der Waals surface area (Å²) < 4.78 is 12.1. The number of nitrogens with one attached hydrogen (secondary N) is 1. The van der Waals surface area contributed by atoms with Crippen LogP contribution in [0.15, 0.2) is 48.5 Å². The van der Waals surface area contributed by atoms with Gasteiger partial charge in [-0.1, -0.05) is 64.3 Å². The molecule has 0 radical (unpaired) electrons. The summed E-state index contributed by atoms with van der Waals surface area (Å²) in [6.45, 7) is 10.3. The molecule has 2 aromatic carbocycles. The first-order valence-corrected chi connectivity index (χ1v) is 10.9. The molecule has 154 valence electrons. The molecule has 3 nitrogen and oxygen atoms in total. The summed E-state index contributed by atoms with van der Waals surface area (Å²) >= 11 is 0. The molecular formula is C25H37NO2. The van der Waals surface area contributed by atoms with Crippen LogP contribution in [0.2, 0.25) is 0 Å². The van der Waals surface area contributed by atoms with Crippen LogP contribution < -0.4 is 14.8 Å². The maximum atomic E-state index is 6.23. The minimum Gasteiger partial charge on any atom is -0.494 e. The van der Waals surface area contributed by atoms with Crippen molar-refractivity contribution < 1.29 is 9.47 Å². The smallest absolute Gasteiger partial charge is 0.123 e. The van der Waals surface area contributed by atoms with Crippen molar-refractivity contribution in [2.24, 2.45) is 0 Å². The van der Waals surface area contributed by atoms with Crippen molar-refractivity contribution in [3.05, 3.63) is 54.1 Å². The number of hydrogen-bond acceptors (Lipinski definition) is 3. The van der Waals surface area contributed by atoms with E-state index in [0.717, 1.165) is 43.2 Å². The zero-order chi connectivity index (χ0) is 20.2. The Morgan fingerprint density at radius 3 is 2.54 bits per heavy atom. The molecule has 0 aliphatic carbocycles. The van der Waals surface area contributed by atoms with Crippen molar-refractivity contribution in [3.63, 3.8) is 0 Å². The molecule has 0 bridgehead atoms. The third-order valence-electron chi connectivity index (χ3n) is 5.08. The van der Waals surface area contributed by atoms with Gasteiger partial charge in [0.1, 0.15) is 17.6 Å². The highest BCUT2D eigenvalue weighted by Gasteiger charge is 2.12. The van der Waals surface area contributed by atoms with Crippen LogP contribution in [0.1, 0.15) is 71.3 Å². The van der Waals surface area contributed by atoms with E-state index >= 15 is 0 Å². The van der Waals surface area contributed by atoms with Crippen LogP contribution in [-0.4, -0.2) is 19.3 Å². The lowest BCUT2D eigenvalue weighted by atomic mass is 9.98. The summed E-state index contributed by atoms with van der Waals surface area (Å²) in [5.41, 5.74) is 2.35. The summed E-state index contributed by atoms with van der Waals surface area (Å²) in [7, 11) is 0. The van der Waals surface area contributed by atoms with Gasteiger partial charge in [-0.3, -0.25) is 0 Å². The van der Waals surface area contributed by atoms with E-state index in [2.05, 4.69) is 63.3 Å². The molecule has 1 N–H and O–H groups in total. The Bertz CT molecular complexity index is 686. The maximum Gasteiger partial charge on any atom is 0.123 e. The molecule has 0 saturated heterocycles. The number of anilines is 1. The van der Waals surface area contributed by atoms with Crippen molar-refractivity contribution >= 4 is 5.69 Å². The summed E-state index contributed by atoms with van der Waals surface area (Å²) in [5.74, 6) is 2.43. The summed E-state index contributed by atoms with van der Waals surface area (Å²) in [4.78, 5) is 0. The molecule has 0 saturated carbocycles. The van der Waals surface area contributed by atoms with E-state index < -0.39 is 0 Å². The third-order valence-corrected chi connectivity index (χ3v) is 5.08. The highest BCUT2D eigenvalue weighted by atomic mass is 16.5. The number of ether oxygens (including phenoxy) is 2. The first-order valence-electron chi connectivity index (χ1n) is 10.9. The highest BCUT2D eigenvalue weighted by molar-refractivity contribution is 5.48. The topological polar surface area (TPSA) is 30.5 Å².